The minimum Gasteiger partial charge on any atom is -0.237 e. The molecule has 0 saturated heterocycles. The number of thiazole rings is 1. The molecule has 1 aromatic heterocycles. The Balaban J connectivity index is 3.04. The zero-order chi connectivity index (χ0) is 5.28. The third kappa shape index (κ3) is 1.24. The average Bonchev–Trinajstić information content (AvgIpc) is 1.87. The van der Waals surface area contributed by atoms with Gasteiger partial charge in [0.25, 0.3) is 0 Å². The molecule has 0 N–H and O–H groups in total. The highest BCUT2D eigenvalue weighted by Gasteiger charge is 1.88. The predicted octanol–water partition coefficient (Wildman–Crippen LogP) is 2.21. The maximum atomic E-state index is 3.95. The van der Waals surface area contributed by atoms with Gasteiger partial charge in [0.1, 0.15) is 0 Å². The zero-order valence-corrected chi connectivity index (χ0v) is 6.21. The molecule has 0 radical (unpaired) electrons. The van der Waals surface area contributed by atoms with Crippen molar-refractivity contribution in [2.45, 2.75) is 6.92 Å². The molecule has 0 aliphatic rings. The fourth-order valence-corrected chi connectivity index (χ4v) is 1.67. The van der Waals surface area contributed by atoms with Crippen LogP contribution >= 0.6 is 27.3 Å². The molecule has 0 aliphatic carbocycles. The molecule has 0 aromatic carbocycles. The van der Waals surface area contributed by atoms with Gasteiger partial charge in [0.2, 0.25) is 0 Å². The van der Waals surface area contributed by atoms with Crippen molar-refractivity contribution in [3.8, 4) is 0 Å². The summed E-state index contributed by atoms with van der Waals surface area (Å²) in [6.45, 7) is 2.03. The van der Waals surface area contributed by atoms with E-state index >= 15 is 0 Å². The van der Waals surface area contributed by atoms with Crippen LogP contribution in [0.15, 0.2) is 10.1 Å². The summed E-state index contributed by atoms with van der Waals surface area (Å²) in [4.78, 5) is 5.19. The lowest BCUT2D eigenvalue weighted by Crippen LogP contribution is -1.51. The first-order valence-electron chi connectivity index (χ1n) is 1.87. The summed E-state index contributed by atoms with van der Waals surface area (Å²) >= 11 is 4.89. The van der Waals surface area contributed by atoms with E-state index in [1.807, 2.05) is 13.1 Å². The van der Waals surface area contributed by atoms with Crippen LogP contribution in [0.2, 0.25) is 0 Å². The summed E-state index contributed by atoms with van der Waals surface area (Å²) in [5.41, 5.74) is 0. The van der Waals surface area contributed by atoms with Crippen molar-refractivity contribution in [1.82, 2.24) is 4.98 Å². The van der Waals surface area contributed by atoms with Gasteiger partial charge in [-0.3, -0.25) is 0 Å². The van der Waals surface area contributed by atoms with Crippen LogP contribution in [-0.4, -0.2) is 4.98 Å². The Morgan fingerprint density at radius 1 is 1.86 bits per heavy atom. The molecule has 1 nitrogen and oxygen atoms in total. The van der Waals surface area contributed by atoms with Crippen LogP contribution < -0.4 is 0 Å². The van der Waals surface area contributed by atoms with E-state index in [-0.39, 0.29) is 0 Å². The van der Waals surface area contributed by atoms with E-state index in [1.165, 1.54) is 4.88 Å². The van der Waals surface area contributed by atoms with Crippen molar-refractivity contribution < 1.29 is 0 Å². The Kier molecular flexibility index (Phi) is 1.44. The normalized spacial score (nSPS) is 9.43. The van der Waals surface area contributed by atoms with Gasteiger partial charge in [0.05, 0.1) is 0 Å². The first-order valence-corrected chi connectivity index (χ1v) is 3.48. The van der Waals surface area contributed by atoms with Gasteiger partial charge in [0.15, 0.2) is 3.92 Å². The lowest BCUT2D eigenvalue weighted by molar-refractivity contribution is 1.35. The highest BCUT2D eigenvalue weighted by atomic mass is 79.9. The maximum absolute atomic E-state index is 3.95. The molecule has 38 valence electrons. The van der Waals surface area contributed by atoms with Crippen LogP contribution in [-0.2, 0) is 0 Å². The smallest absolute Gasteiger partial charge is 0.159 e. The first kappa shape index (κ1) is 5.25. The fraction of sp³-hybridized carbons (Fsp3) is 0.250. The van der Waals surface area contributed by atoms with Gasteiger partial charge in [-0.2, -0.15) is 0 Å². The number of aromatic nitrogens is 1. The van der Waals surface area contributed by atoms with Crippen LogP contribution in [0.5, 0.6) is 0 Å². The molecular weight excluding hydrogens is 174 g/mol. The molecule has 0 atom stereocenters. The molecule has 0 amide bonds. The SMILES string of the molecule is Cc1cnc(Br)s1. The standard InChI is InChI=1S/C4H4BrNS/c1-3-2-6-4(5)7-3/h2H,1H3. The molecule has 3 heteroatoms. The maximum Gasteiger partial charge on any atom is 0.159 e. The van der Waals surface area contributed by atoms with E-state index in [1.54, 1.807) is 11.3 Å². The third-order valence-corrected chi connectivity index (χ3v) is 1.98. The number of rotatable bonds is 0. The van der Waals surface area contributed by atoms with Crippen molar-refractivity contribution in [3.63, 3.8) is 0 Å². The summed E-state index contributed by atoms with van der Waals surface area (Å²) in [6, 6.07) is 0. The summed E-state index contributed by atoms with van der Waals surface area (Å²) in [5.74, 6) is 0. The summed E-state index contributed by atoms with van der Waals surface area (Å²) < 4.78 is 0.963. The van der Waals surface area contributed by atoms with E-state index in [0.29, 0.717) is 0 Å². The van der Waals surface area contributed by atoms with Gasteiger partial charge in [-0.15, -0.1) is 11.3 Å². The second kappa shape index (κ2) is 1.92. The molecule has 7 heavy (non-hydrogen) atoms. The van der Waals surface area contributed by atoms with E-state index in [4.69, 9.17) is 0 Å². The van der Waals surface area contributed by atoms with E-state index in [0.717, 1.165) is 3.92 Å². The number of halogens is 1. The van der Waals surface area contributed by atoms with Crippen molar-refractivity contribution in [3.05, 3.63) is 15.0 Å². The third-order valence-electron chi connectivity index (χ3n) is 0.593. The van der Waals surface area contributed by atoms with Gasteiger partial charge < -0.3 is 0 Å². The second-order valence-electron chi connectivity index (χ2n) is 1.22. The number of hydrogen-bond donors (Lipinski definition) is 0. The van der Waals surface area contributed by atoms with E-state index < -0.39 is 0 Å². The summed E-state index contributed by atoms with van der Waals surface area (Å²) in [6.07, 6.45) is 1.84. The molecule has 1 heterocycles. The average molecular weight is 178 g/mol. The number of nitrogens with zero attached hydrogens (tertiary/aromatic N) is 1. The highest BCUT2D eigenvalue weighted by molar-refractivity contribution is 9.11. The number of aryl methyl sites for hydroxylation is 1. The van der Waals surface area contributed by atoms with Gasteiger partial charge >= 0.3 is 0 Å². The van der Waals surface area contributed by atoms with Gasteiger partial charge in [-0.05, 0) is 22.9 Å². The van der Waals surface area contributed by atoms with Gasteiger partial charge in [-0.1, -0.05) is 0 Å². The molecular formula is C4H4BrNS. The molecule has 1 rings (SSSR count). The molecule has 0 spiro atoms. The minimum atomic E-state index is 0.963. The van der Waals surface area contributed by atoms with Crippen LogP contribution in [0.4, 0.5) is 0 Å². The monoisotopic (exact) mass is 177 g/mol. The van der Waals surface area contributed by atoms with Crippen LogP contribution in [0.25, 0.3) is 0 Å². The number of hydrogen-bond acceptors (Lipinski definition) is 2. The summed E-state index contributed by atoms with van der Waals surface area (Å²) in [7, 11) is 0. The Morgan fingerprint density at radius 2 is 2.57 bits per heavy atom. The second-order valence-corrected chi connectivity index (χ2v) is 3.73. The Morgan fingerprint density at radius 3 is 2.71 bits per heavy atom. The molecule has 0 aliphatic heterocycles. The van der Waals surface area contributed by atoms with E-state index in [9.17, 15) is 0 Å². The molecule has 0 unspecified atom stereocenters. The van der Waals surface area contributed by atoms with Gasteiger partial charge in [-0.25, -0.2) is 4.98 Å². The van der Waals surface area contributed by atoms with Crippen molar-refractivity contribution >= 4 is 27.3 Å². The predicted molar refractivity (Wildman–Crippen MR) is 34.6 cm³/mol. The largest absolute Gasteiger partial charge is 0.237 e. The quantitative estimate of drug-likeness (QED) is 0.593. The Labute approximate surface area is 54.5 Å². The zero-order valence-electron chi connectivity index (χ0n) is 3.81. The lowest BCUT2D eigenvalue weighted by Gasteiger charge is -1.66. The topological polar surface area (TPSA) is 12.9 Å². The van der Waals surface area contributed by atoms with Crippen molar-refractivity contribution in [2.75, 3.05) is 0 Å². The van der Waals surface area contributed by atoms with Gasteiger partial charge in [0, 0.05) is 11.1 Å². The molecule has 1 aromatic rings. The lowest BCUT2D eigenvalue weighted by atomic mass is 10.7. The summed E-state index contributed by atoms with van der Waals surface area (Å²) in [5, 5.41) is 0. The van der Waals surface area contributed by atoms with Crippen LogP contribution in [0.1, 0.15) is 4.88 Å². The van der Waals surface area contributed by atoms with Crippen LogP contribution in [0.3, 0.4) is 0 Å². The van der Waals surface area contributed by atoms with E-state index in [2.05, 4.69) is 20.9 Å². The molecule has 0 saturated carbocycles. The minimum absolute atomic E-state index is 0.963. The fourth-order valence-electron chi connectivity index (χ4n) is 0.327. The first-order chi connectivity index (χ1) is 3.29. The Hall–Kier alpha value is 0.110. The van der Waals surface area contributed by atoms with Crippen molar-refractivity contribution in [2.24, 2.45) is 0 Å². The molecule has 0 fully saturated rings. The van der Waals surface area contributed by atoms with Crippen LogP contribution in [0, 0.1) is 6.92 Å². The Bertz CT molecular complexity index is 144. The highest BCUT2D eigenvalue weighted by Crippen LogP contribution is 2.16. The van der Waals surface area contributed by atoms with Crippen molar-refractivity contribution in [1.29, 1.82) is 0 Å². The molecule has 0 bridgehead atoms.